The number of hydrogen-bond acceptors (Lipinski definition) is 2. The highest BCUT2D eigenvalue weighted by atomic mass is 15.4. The molecule has 1 aromatic carbocycles. The lowest BCUT2D eigenvalue weighted by Crippen LogP contribution is -2.10. The third-order valence-electron chi connectivity index (χ3n) is 4.15. The molecule has 1 atom stereocenters. The second kappa shape index (κ2) is 5.17. The van der Waals surface area contributed by atoms with E-state index in [2.05, 4.69) is 54.7 Å². The van der Waals surface area contributed by atoms with Gasteiger partial charge in [0.1, 0.15) is 5.69 Å². The number of aromatic nitrogens is 3. The highest BCUT2D eigenvalue weighted by molar-refractivity contribution is 5.86. The van der Waals surface area contributed by atoms with E-state index in [0.29, 0.717) is 5.92 Å². The largest absolute Gasteiger partial charge is 0.247 e. The summed E-state index contributed by atoms with van der Waals surface area (Å²) in [5, 5.41) is 8.61. The number of nitrogens with zero attached hydrogens (tertiary/aromatic N) is 3. The average Bonchev–Trinajstić information content (AvgIpc) is 2.85. The third kappa shape index (κ3) is 2.05. The van der Waals surface area contributed by atoms with Gasteiger partial charge in [-0.1, -0.05) is 61.7 Å². The molecule has 1 aliphatic rings. The van der Waals surface area contributed by atoms with E-state index in [1.54, 1.807) is 0 Å². The fourth-order valence-electron chi connectivity index (χ4n) is 3.14. The van der Waals surface area contributed by atoms with Crippen molar-refractivity contribution < 1.29 is 0 Å². The molecule has 0 saturated carbocycles. The molecule has 1 unspecified atom stereocenters. The van der Waals surface area contributed by atoms with Crippen LogP contribution in [0.5, 0.6) is 0 Å². The molecular formula is C18H19N3. The van der Waals surface area contributed by atoms with Gasteiger partial charge in [0.15, 0.2) is 0 Å². The molecule has 0 spiro atoms. The molecule has 1 aromatic heterocycles. The molecule has 3 heteroatoms. The van der Waals surface area contributed by atoms with Crippen LogP contribution in [0.15, 0.2) is 55.1 Å². The zero-order chi connectivity index (χ0) is 15.0. The summed E-state index contributed by atoms with van der Waals surface area (Å²) in [5.74, 6) is 0.375. The maximum Gasteiger partial charge on any atom is 0.121 e. The van der Waals surface area contributed by atoms with Crippen molar-refractivity contribution >= 4 is 5.57 Å². The van der Waals surface area contributed by atoms with Gasteiger partial charge in [-0.05, 0) is 23.5 Å². The Morgan fingerprint density at radius 2 is 2.00 bits per heavy atom. The van der Waals surface area contributed by atoms with Crippen LogP contribution in [0.4, 0.5) is 0 Å². The van der Waals surface area contributed by atoms with Gasteiger partial charge in [0.05, 0.1) is 5.69 Å². The summed E-state index contributed by atoms with van der Waals surface area (Å²) in [4.78, 5) is 0. The monoisotopic (exact) mass is 277 g/mol. The predicted octanol–water partition coefficient (Wildman–Crippen LogP) is 3.80. The van der Waals surface area contributed by atoms with Crippen LogP contribution in [-0.4, -0.2) is 15.0 Å². The Morgan fingerprint density at radius 1 is 1.24 bits per heavy atom. The third-order valence-corrected chi connectivity index (χ3v) is 4.15. The topological polar surface area (TPSA) is 30.7 Å². The van der Waals surface area contributed by atoms with E-state index in [0.717, 1.165) is 28.9 Å². The van der Waals surface area contributed by atoms with Crippen LogP contribution in [0.25, 0.3) is 16.8 Å². The van der Waals surface area contributed by atoms with Crippen LogP contribution in [0, 0.1) is 5.92 Å². The lowest BCUT2D eigenvalue weighted by atomic mass is 9.83. The molecule has 21 heavy (non-hydrogen) atoms. The Hall–Kier alpha value is -2.42. The van der Waals surface area contributed by atoms with Gasteiger partial charge in [-0.3, -0.25) is 0 Å². The number of benzene rings is 1. The number of allylic oxidation sites excluding steroid dienone is 4. The Bertz CT molecular complexity index is 750. The minimum Gasteiger partial charge on any atom is -0.247 e. The summed E-state index contributed by atoms with van der Waals surface area (Å²) >= 11 is 0. The van der Waals surface area contributed by atoms with Crippen molar-refractivity contribution in [3.05, 3.63) is 66.4 Å². The summed E-state index contributed by atoms with van der Waals surface area (Å²) in [6.45, 7) is 10.2. The molecule has 0 radical (unpaired) electrons. The zero-order valence-electron chi connectivity index (χ0n) is 12.5. The van der Waals surface area contributed by atoms with Gasteiger partial charge in [0.25, 0.3) is 0 Å². The molecule has 0 amide bonds. The SMILES string of the molecule is C=C/C1=C(\C=C)C(C)Cc2ccccc2-c2nnn(C)c21. The van der Waals surface area contributed by atoms with Gasteiger partial charge in [-0.2, -0.15) is 0 Å². The van der Waals surface area contributed by atoms with Crippen molar-refractivity contribution in [3.63, 3.8) is 0 Å². The van der Waals surface area contributed by atoms with Crippen LogP contribution in [0.2, 0.25) is 0 Å². The molecule has 3 nitrogen and oxygen atoms in total. The second-order valence-electron chi connectivity index (χ2n) is 5.45. The highest BCUT2D eigenvalue weighted by Crippen LogP contribution is 2.37. The lowest BCUT2D eigenvalue weighted by molar-refractivity contribution is 0.689. The summed E-state index contributed by atoms with van der Waals surface area (Å²) in [7, 11) is 1.92. The highest BCUT2D eigenvalue weighted by Gasteiger charge is 2.24. The molecule has 2 aromatic rings. The van der Waals surface area contributed by atoms with Gasteiger partial charge >= 0.3 is 0 Å². The van der Waals surface area contributed by atoms with Gasteiger partial charge in [0, 0.05) is 18.2 Å². The number of aryl methyl sites for hydroxylation is 1. The molecule has 0 bridgehead atoms. The predicted molar refractivity (Wildman–Crippen MR) is 86.6 cm³/mol. The van der Waals surface area contributed by atoms with E-state index in [-0.39, 0.29) is 0 Å². The first kappa shape index (κ1) is 13.6. The minimum atomic E-state index is 0.375. The fourth-order valence-corrected chi connectivity index (χ4v) is 3.14. The molecule has 0 fully saturated rings. The zero-order valence-corrected chi connectivity index (χ0v) is 12.5. The molecule has 0 aliphatic heterocycles. The van der Waals surface area contributed by atoms with E-state index in [1.807, 2.05) is 23.9 Å². The van der Waals surface area contributed by atoms with Crippen LogP contribution in [0.3, 0.4) is 0 Å². The summed E-state index contributed by atoms with van der Waals surface area (Å²) in [5.41, 5.74) is 6.68. The van der Waals surface area contributed by atoms with Gasteiger partial charge in [0.2, 0.25) is 0 Å². The second-order valence-corrected chi connectivity index (χ2v) is 5.45. The van der Waals surface area contributed by atoms with E-state index in [9.17, 15) is 0 Å². The number of hydrogen-bond donors (Lipinski definition) is 0. The minimum absolute atomic E-state index is 0.375. The smallest absolute Gasteiger partial charge is 0.121 e. The van der Waals surface area contributed by atoms with Gasteiger partial charge in [-0.25, -0.2) is 4.68 Å². The number of fused-ring (bicyclic) bond motifs is 3. The summed E-state index contributed by atoms with van der Waals surface area (Å²) in [6.07, 6.45) is 4.79. The van der Waals surface area contributed by atoms with Crippen LogP contribution in [0.1, 0.15) is 18.2 Å². The normalized spacial score (nSPS) is 21.0. The van der Waals surface area contributed by atoms with Gasteiger partial charge < -0.3 is 0 Å². The maximum absolute atomic E-state index is 4.39. The lowest BCUT2D eigenvalue weighted by Gasteiger charge is -2.22. The molecule has 0 saturated heterocycles. The molecular weight excluding hydrogens is 258 g/mol. The van der Waals surface area contributed by atoms with Crippen molar-refractivity contribution in [1.82, 2.24) is 15.0 Å². The molecule has 0 N–H and O–H groups in total. The Labute approximate surface area is 125 Å². The van der Waals surface area contributed by atoms with Crippen molar-refractivity contribution in [2.45, 2.75) is 13.3 Å². The van der Waals surface area contributed by atoms with Gasteiger partial charge in [-0.15, -0.1) is 5.10 Å². The van der Waals surface area contributed by atoms with E-state index >= 15 is 0 Å². The standard InChI is InChI=1S/C18H19N3/c1-5-14-12(3)11-13-9-7-8-10-16(13)17-18(15(14)6-2)21(4)20-19-17/h5-10,12H,1-2,11H2,3-4H3/b15-14-. The van der Waals surface area contributed by atoms with Crippen molar-refractivity contribution in [2.24, 2.45) is 13.0 Å². The first-order chi connectivity index (χ1) is 10.2. The first-order valence-electron chi connectivity index (χ1n) is 7.14. The average molecular weight is 277 g/mol. The number of rotatable bonds is 2. The van der Waals surface area contributed by atoms with Crippen molar-refractivity contribution in [3.8, 4) is 11.3 Å². The first-order valence-corrected chi connectivity index (χ1v) is 7.14. The van der Waals surface area contributed by atoms with E-state index in [1.165, 1.54) is 11.1 Å². The van der Waals surface area contributed by atoms with Crippen LogP contribution in [-0.2, 0) is 13.5 Å². The molecule has 1 aliphatic carbocycles. The molecule has 1 heterocycles. The quantitative estimate of drug-likeness (QED) is 0.836. The Balaban J connectivity index is 2.41. The van der Waals surface area contributed by atoms with Crippen molar-refractivity contribution in [1.29, 1.82) is 0 Å². The molecule has 106 valence electrons. The summed E-state index contributed by atoms with van der Waals surface area (Å²) < 4.78 is 1.82. The maximum atomic E-state index is 4.39. The van der Waals surface area contributed by atoms with Crippen LogP contribution < -0.4 is 0 Å². The molecule has 3 rings (SSSR count). The van der Waals surface area contributed by atoms with Crippen LogP contribution >= 0.6 is 0 Å². The summed E-state index contributed by atoms with van der Waals surface area (Å²) in [6, 6.07) is 8.42. The Morgan fingerprint density at radius 3 is 2.71 bits per heavy atom. The fraction of sp³-hybridized carbons (Fsp3) is 0.222. The van der Waals surface area contributed by atoms with E-state index in [4.69, 9.17) is 0 Å². The van der Waals surface area contributed by atoms with Crippen molar-refractivity contribution in [2.75, 3.05) is 0 Å². The Kier molecular flexibility index (Phi) is 3.34. The van der Waals surface area contributed by atoms with E-state index < -0.39 is 0 Å².